The molecule has 0 spiro atoms. The van der Waals surface area contributed by atoms with E-state index in [1.54, 1.807) is 36.4 Å². The summed E-state index contributed by atoms with van der Waals surface area (Å²) in [6.07, 6.45) is 0. The van der Waals surface area contributed by atoms with Crippen LogP contribution >= 0.6 is 34.8 Å². The van der Waals surface area contributed by atoms with E-state index in [0.29, 0.717) is 32.9 Å². The lowest BCUT2D eigenvalue weighted by atomic mass is 10.2. The fourth-order valence-corrected chi connectivity index (χ4v) is 2.07. The van der Waals surface area contributed by atoms with Crippen LogP contribution in [0.3, 0.4) is 0 Å². The van der Waals surface area contributed by atoms with Gasteiger partial charge in [0.2, 0.25) is 0 Å². The van der Waals surface area contributed by atoms with Gasteiger partial charge in [-0.1, -0.05) is 34.8 Å². The molecule has 0 aliphatic heterocycles. The minimum Gasteiger partial charge on any atom is -0.508 e. The summed E-state index contributed by atoms with van der Waals surface area (Å²) in [7, 11) is 0. The monoisotopic (exact) mass is 301 g/mol. The second-order valence-electron chi connectivity index (χ2n) is 3.75. The van der Waals surface area contributed by atoms with Crippen molar-refractivity contribution in [2.75, 3.05) is 5.32 Å². The standard InChI is InChI=1S/C13H10Cl3NO/c14-9-2-4-13(18)8(5-9)7-17-12-6-10(15)1-3-11(12)16/h1-6,17-18H,7H2. The summed E-state index contributed by atoms with van der Waals surface area (Å²) in [5.74, 6) is 0.185. The third kappa shape index (κ3) is 3.22. The molecule has 0 aliphatic carbocycles. The Morgan fingerprint density at radius 3 is 2.39 bits per heavy atom. The smallest absolute Gasteiger partial charge is 0.120 e. The SMILES string of the molecule is Oc1ccc(Cl)cc1CNc1cc(Cl)ccc1Cl. The number of phenols is 1. The van der Waals surface area contributed by atoms with Crippen LogP contribution in [0.2, 0.25) is 15.1 Å². The Morgan fingerprint density at radius 1 is 0.944 bits per heavy atom. The van der Waals surface area contributed by atoms with E-state index in [9.17, 15) is 5.11 Å². The quantitative estimate of drug-likeness (QED) is 0.839. The maximum Gasteiger partial charge on any atom is 0.120 e. The summed E-state index contributed by atoms with van der Waals surface area (Å²) >= 11 is 17.8. The van der Waals surface area contributed by atoms with Gasteiger partial charge in [-0.15, -0.1) is 0 Å². The van der Waals surface area contributed by atoms with Crippen LogP contribution in [0.5, 0.6) is 5.75 Å². The Labute approximate surface area is 120 Å². The number of benzene rings is 2. The molecule has 2 aromatic rings. The molecule has 18 heavy (non-hydrogen) atoms. The van der Waals surface area contributed by atoms with Crippen LogP contribution in [0.4, 0.5) is 5.69 Å². The van der Waals surface area contributed by atoms with Crippen molar-refractivity contribution in [1.29, 1.82) is 0 Å². The normalized spacial score (nSPS) is 10.4. The van der Waals surface area contributed by atoms with Gasteiger partial charge >= 0.3 is 0 Å². The molecular formula is C13H10Cl3NO. The van der Waals surface area contributed by atoms with Crippen LogP contribution in [-0.2, 0) is 6.54 Å². The lowest BCUT2D eigenvalue weighted by Gasteiger charge is -2.10. The number of aromatic hydroxyl groups is 1. The average Bonchev–Trinajstić information content (AvgIpc) is 2.34. The largest absolute Gasteiger partial charge is 0.508 e. The van der Waals surface area contributed by atoms with Crippen LogP contribution < -0.4 is 5.32 Å². The number of hydrogen-bond donors (Lipinski definition) is 2. The van der Waals surface area contributed by atoms with Gasteiger partial charge in [0, 0.05) is 22.2 Å². The number of rotatable bonds is 3. The Balaban J connectivity index is 2.16. The molecule has 94 valence electrons. The van der Waals surface area contributed by atoms with Crippen molar-refractivity contribution in [2.24, 2.45) is 0 Å². The van der Waals surface area contributed by atoms with E-state index < -0.39 is 0 Å². The molecule has 0 saturated heterocycles. The Bertz CT molecular complexity index is 521. The molecule has 0 atom stereocenters. The van der Waals surface area contributed by atoms with Crippen LogP contribution in [0.1, 0.15) is 5.56 Å². The highest BCUT2D eigenvalue weighted by Gasteiger charge is 2.04. The van der Waals surface area contributed by atoms with Crippen molar-refractivity contribution in [3.05, 3.63) is 57.0 Å². The van der Waals surface area contributed by atoms with Gasteiger partial charge in [-0.2, -0.15) is 0 Å². The zero-order chi connectivity index (χ0) is 13.1. The summed E-state index contributed by atoms with van der Waals surface area (Å²) in [6, 6.07) is 10.0. The molecule has 0 amide bonds. The van der Waals surface area contributed by atoms with E-state index in [4.69, 9.17) is 34.8 Å². The Morgan fingerprint density at radius 2 is 1.61 bits per heavy atom. The first-order valence-corrected chi connectivity index (χ1v) is 6.36. The van der Waals surface area contributed by atoms with Crippen molar-refractivity contribution in [3.63, 3.8) is 0 Å². The van der Waals surface area contributed by atoms with Gasteiger partial charge in [-0.3, -0.25) is 0 Å². The number of nitrogens with one attached hydrogen (secondary N) is 1. The average molecular weight is 303 g/mol. The van der Waals surface area contributed by atoms with Gasteiger partial charge in [-0.05, 0) is 36.4 Å². The molecule has 2 nitrogen and oxygen atoms in total. The van der Waals surface area contributed by atoms with Gasteiger partial charge in [0.05, 0.1) is 10.7 Å². The third-order valence-electron chi connectivity index (χ3n) is 2.44. The molecule has 5 heteroatoms. The maximum atomic E-state index is 9.68. The molecule has 2 N–H and O–H groups in total. The first-order valence-electron chi connectivity index (χ1n) is 5.22. The van der Waals surface area contributed by atoms with Crippen molar-refractivity contribution in [2.45, 2.75) is 6.54 Å². The van der Waals surface area contributed by atoms with E-state index >= 15 is 0 Å². The molecule has 0 heterocycles. The van der Waals surface area contributed by atoms with Gasteiger partial charge in [0.1, 0.15) is 5.75 Å². The van der Waals surface area contributed by atoms with Crippen LogP contribution in [-0.4, -0.2) is 5.11 Å². The Kier molecular flexibility index (Phi) is 4.23. The highest BCUT2D eigenvalue weighted by atomic mass is 35.5. The predicted molar refractivity (Wildman–Crippen MR) is 76.9 cm³/mol. The highest BCUT2D eigenvalue weighted by Crippen LogP contribution is 2.27. The fourth-order valence-electron chi connectivity index (χ4n) is 1.52. The third-order valence-corrected chi connectivity index (χ3v) is 3.24. The molecule has 0 aromatic heterocycles. The first kappa shape index (κ1) is 13.3. The molecule has 0 saturated carbocycles. The predicted octanol–water partition coefficient (Wildman–Crippen LogP) is 4.96. The van der Waals surface area contributed by atoms with E-state index in [0.717, 1.165) is 0 Å². The number of halogens is 3. The summed E-state index contributed by atoms with van der Waals surface area (Å²) in [4.78, 5) is 0. The molecule has 0 bridgehead atoms. The molecule has 2 rings (SSSR count). The molecular weight excluding hydrogens is 293 g/mol. The molecule has 0 aliphatic rings. The fraction of sp³-hybridized carbons (Fsp3) is 0.0769. The van der Waals surface area contributed by atoms with Crippen molar-refractivity contribution < 1.29 is 5.11 Å². The van der Waals surface area contributed by atoms with Gasteiger partial charge < -0.3 is 10.4 Å². The topological polar surface area (TPSA) is 32.3 Å². The molecule has 2 aromatic carbocycles. The summed E-state index contributed by atoms with van der Waals surface area (Å²) in [5, 5.41) is 14.5. The van der Waals surface area contributed by atoms with Crippen molar-refractivity contribution in [3.8, 4) is 5.75 Å². The van der Waals surface area contributed by atoms with Crippen LogP contribution in [0.15, 0.2) is 36.4 Å². The zero-order valence-corrected chi connectivity index (χ0v) is 11.5. The molecule has 0 unspecified atom stereocenters. The minimum absolute atomic E-state index is 0.185. The lowest BCUT2D eigenvalue weighted by Crippen LogP contribution is -2.00. The number of phenolic OH excluding ortho intramolecular Hbond substituents is 1. The van der Waals surface area contributed by atoms with Gasteiger partial charge in [-0.25, -0.2) is 0 Å². The number of hydrogen-bond acceptors (Lipinski definition) is 2. The van der Waals surface area contributed by atoms with E-state index in [1.165, 1.54) is 0 Å². The van der Waals surface area contributed by atoms with Crippen molar-refractivity contribution >= 4 is 40.5 Å². The second kappa shape index (κ2) is 5.70. The van der Waals surface area contributed by atoms with Crippen LogP contribution in [0.25, 0.3) is 0 Å². The summed E-state index contributed by atoms with van der Waals surface area (Å²) in [5.41, 5.74) is 1.40. The van der Waals surface area contributed by atoms with Crippen molar-refractivity contribution in [1.82, 2.24) is 0 Å². The van der Waals surface area contributed by atoms with E-state index in [-0.39, 0.29) is 5.75 Å². The zero-order valence-electron chi connectivity index (χ0n) is 9.25. The molecule has 0 fully saturated rings. The maximum absolute atomic E-state index is 9.68. The lowest BCUT2D eigenvalue weighted by molar-refractivity contribution is 0.469. The number of anilines is 1. The first-order chi connectivity index (χ1) is 8.56. The summed E-state index contributed by atoms with van der Waals surface area (Å²) < 4.78 is 0. The van der Waals surface area contributed by atoms with E-state index in [1.807, 2.05) is 0 Å². The molecule has 0 radical (unpaired) electrons. The van der Waals surface area contributed by atoms with Gasteiger partial charge in [0.25, 0.3) is 0 Å². The van der Waals surface area contributed by atoms with Crippen LogP contribution in [0, 0.1) is 0 Å². The summed E-state index contributed by atoms with van der Waals surface area (Å²) in [6.45, 7) is 0.409. The minimum atomic E-state index is 0.185. The highest BCUT2D eigenvalue weighted by molar-refractivity contribution is 6.35. The second-order valence-corrected chi connectivity index (χ2v) is 5.03. The van der Waals surface area contributed by atoms with Gasteiger partial charge in [0.15, 0.2) is 0 Å². The Hall–Kier alpha value is -1.09. The van der Waals surface area contributed by atoms with E-state index in [2.05, 4.69) is 5.32 Å².